The first-order valence-corrected chi connectivity index (χ1v) is 10.6. The summed E-state index contributed by atoms with van der Waals surface area (Å²) in [6.45, 7) is 3.18. The number of esters is 1. The summed E-state index contributed by atoms with van der Waals surface area (Å²) in [5.74, 6) is -0.140. The molecule has 0 heterocycles. The van der Waals surface area contributed by atoms with Crippen LogP contribution in [0.4, 0.5) is 0 Å². The van der Waals surface area contributed by atoms with Gasteiger partial charge in [0.25, 0.3) is 0 Å². The molecule has 145 valence electrons. The molecule has 0 aliphatic carbocycles. The Balaban J connectivity index is 0. The number of ether oxygens (including phenoxy) is 1. The topological polar surface area (TPSA) is 38.3 Å². The zero-order chi connectivity index (χ0) is 17.7. The summed E-state index contributed by atoms with van der Waals surface area (Å²) in [5.41, 5.74) is 0. The van der Waals surface area contributed by atoms with Crippen LogP contribution >= 0.6 is 0 Å². The van der Waals surface area contributed by atoms with Gasteiger partial charge in [0, 0.05) is 51.4 Å². The van der Waals surface area contributed by atoms with E-state index in [0.29, 0.717) is 13.2 Å². The Kier molecular flexibility index (Phi) is 28.4. The van der Waals surface area contributed by atoms with Crippen molar-refractivity contribution >= 4 is 57.4 Å². The molecule has 1 radical (unpaired) electrons. The third-order valence-electron chi connectivity index (χ3n) is 4.58. The molecule has 0 aromatic carbocycles. The second-order valence-corrected chi connectivity index (χ2v) is 7.05. The molecule has 0 saturated heterocycles. The minimum absolute atomic E-state index is 0. The molecule has 4 heteroatoms. The maximum atomic E-state index is 11.1. The minimum Gasteiger partial charge on any atom is -0.465 e. The molecule has 0 saturated carbocycles. The van der Waals surface area contributed by atoms with E-state index >= 15 is 0 Å². The third kappa shape index (κ3) is 25.1. The molecule has 3 nitrogen and oxygen atoms in total. The predicted molar refractivity (Wildman–Crippen MR) is 110 cm³/mol. The van der Waals surface area contributed by atoms with Crippen molar-refractivity contribution in [3.8, 4) is 0 Å². The van der Waals surface area contributed by atoms with Crippen molar-refractivity contribution in [2.45, 2.75) is 110 Å². The van der Waals surface area contributed by atoms with Crippen LogP contribution in [0.1, 0.15) is 110 Å². The fraction of sp³-hybridized carbons (Fsp3) is 0.952. The summed E-state index contributed by atoms with van der Waals surface area (Å²) >= 11 is 0. The molecule has 0 spiro atoms. The Morgan fingerprint density at radius 1 is 0.680 bits per heavy atom. The fourth-order valence-corrected chi connectivity index (χ4v) is 3.03. The number of hydrogen-bond donors (Lipinski definition) is 1. The monoisotopic (exact) mass is 380 g/mol. The first-order chi connectivity index (χ1) is 11.8. The van der Waals surface area contributed by atoms with E-state index in [9.17, 15) is 4.79 Å². The molecule has 0 bridgehead atoms. The van der Waals surface area contributed by atoms with Crippen LogP contribution in [0.3, 0.4) is 0 Å². The average Bonchev–Trinajstić information content (AvgIpc) is 2.58. The van der Waals surface area contributed by atoms with E-state index in [1.807, 2.05) is 0 Å². The van der Waals surface area contributed by atoms with Crippen LogP contribution < -0.4 is 5.32 Å². The van der Waals surface area contributed by atoms with Gasteiger partial charge in [0.1, 0.15) is 0 Å². The van der Waals surface area contributed by atoms with Gasteiger partial charge in [-0.3, -0.25) is 4.79 Å². The first-order valence-electron chi connectivity index (χ1n) is 10.6. The number of likely N-dealkylation sites (N-methyl/N-ethyl adjacent to an activating group) is 1. The van der Waals surface area contributed by atoms with Crippen LogP contribution in [-0.2, 0) is 9.53 Å². The van der Waals surface area contributed by atoms with Crippen LogP contribution in [0, 0.1) is 0 Å². The van der Waals surface area contributed by atoms with Crippen molar-refractivity contribution in [1.29, 1.82) is 0 Å². The molecule has 0 fully saturated rings. The zero-order valence-electron chi connectivity index (χ0n) is 17.5. The van der Waals surface area contributed by atoms with Crippen molar-refractivity contribution in [3.05, 3.63) is 0 Å². The van der Waals surface area contributed by atoms with E-state index in [4.69, 9.17) is 4.74 Å². The van der Waals surface area contributed by atoms with Gasteiger partial charge in [-0.05, 0) is 13.5 Å². The molecule has 0 aromatic heterocycles. The van der Waals surface area contributed by atoms with Gasteiger partial charge in [-0.25, -0.2) is 0 Å². The van der Waals surface area contributed by atoms with Gasteiger partial charge in [-0.2, -0.15) is 0 Å². The van der Waals surface area contributed by atoms with Crippen molar-refractivity contribution in [2.75, 3.05) is 20.2 Å². The molecule has 0 aliphatic rings. The van der Waals surface area contributed by atoms with Crippen LogP contribution in [-0.4, -0.2) is 77.6 Å². The van der Waals surface area contributed by atoms with E-state index in [1.54, 1.807) is 7.05 Å². The van der Waals surface area contributed by atoms with E-state index in [-0.39, 0.29) is 57.4 Å². The summed E-state index contributed by atoms with van der Waals surface area (Å²) in [5, 5.41) is 2.80. The molecule has 0 unspecified atom stereocenters. The molecule has 25 heavy (non-hydrogen) atoms. The van der Waals surface area contributed by atoms with Crippen LogP contribution in [0.15, 0.2) is 0 Å². The number of rotatable bonds is 19. The molecule has 0 rings (SSSR count). The Morgan fingerprint density at radius 3 is 1.40 bits per heavy atom. The quantitative estimate of drug-likeness (QED) is 0.179. The molecule has 1 N–H and O–H groups in total. The second kappa shape index (κ2) is 25.1. The largest absolute Gasteiger partial charge is 0.465 e. The number of carbonyl (C=O) groups is 1. The zero-order valence-corrected chi connectivity index (χ0v) is 20.7. The average molecular weight is 381 g/mol. The molecule has 0 amide bonds. The van der Waals surface area contributed by atoms with Gasteiger partial charge in [-0.15, -0.1) is 0 Å². The SMILES string of the molecule is CCCCCCCCCCCCCCCCCCOC(=O)CNC.[K]. The van der Waals surface area contributed by atoms with Gasteiger partial charge in [0.2, 0.25) is 0 Å². The molecular weight excluding hydrogens is 337 g/mol. The Morgan fingerprint density at radius 2 is 1.04 bits per heavy atom. The van der Waals surface area contributed by atoms with Crippen LogP contribution in [0.5, 0.6) is 0 Å². The maximum Gasteiger partial charge on any atom is 0.319 e. The van der Waals surface area contributed by atoms with Crippen molar-refractivity contribution in [3.63, 3.8) is 0 Å². The van der Waals surface area contributed by atoms with Crippen molar-refractivity contribution in [2.24, 2.45) is 0 Å². The van der Waals surface area contributed by atoms with Gasteiger partial charge in [0.15, 0.2) is 0 Å². The molecule has 0 aromatic rings. The smallest absolute Gasteiger partial charge is 0.319 e. The fourth-order valence-electron chi connectivity index (χ4n) is 3.03. The standard InChI is InChI=1S/C21H43NO2.K/c1-3-4-5-6-7-8-9-10-11-12-13-14-15-16-17-18-19-24-21(23)20-22-2;/h22H,3-20H2,1-2H3;. The van der Waals surface area contributed by atoms with Gasteiger partial charge in [0.05, 0.1) is 13.2 Å². The Labute approximate surface area is 200 Å². The molecule has 0 aliphatic heterocycles. The number of unbranched alkanes of at least 4 members (excludes halogenated alkanes) is 15. The number of hydrogen-bond acceptors (Lipinski definition) is 3. The van der Waals surface area contributed by atoms with Gasteiger partial charge < -0.3 is 10.1 Å². The molecular formula is C21H43KNO2. The summed E-state index contributed by atoms with van der Waals surface area (Å²) in [7, 11) is 1.76. The summed E-state index contributed by atoms with van der Waals surface area (Å²) in [6.07, 6.45) is 21.8. The minimum atomic E-state index is -0.140. The normalized spacial score (nSPS) is 10.5. The van der Waals surface area contributed by atoms with E-state index in [0.717, 1.165) is 6.42 Å². The van der Waals surface area contributed by atoms with Gasteiger partial charge >= 0.3 is 5.97 Å². The maximum absolute atomic E-state index is 11.1. The van der Waals surface area contributed by atoms with Crippen molar-refractivity contribution < 1.29 is 9.53 Å². The summed E-state index contributed by atoms with van der Waals surface area (Å²) in [4.78, 5) is 11.1. The molecule has 0 atom stereocenters. The number of carbonyl (C=O) groups excluding carboxylic acids is 1. The Hall–Kier alpha value is 1.07. The second-order valence-electron chi connectivity index (χ2n) is 7.05. The summed E-state index contributed by atoms with van der Waals surface area (Å²) < 4.78 is 5.10. The number of nitrogens with one attached hydrogen (secondary N) is 1. The summed E-state index contributed by atoms with van der Waals surface area (Å²) in [6, 6.07) is 0. The van der Waals surface area contributed by atoms with Crippen molar-refractivity contribution in [1.82, 2.24) is 5.32 Å². The van der Waals surface area contributed by atoms with E-state index < -0.39 is 0 Å². The Bertz CT molecular complexity index is 262. The van der Waals surface area contributed by atoms with Gasteiger partial charge in [-0.1, -0.05) is 103 Å². The van der Waals surface area contributed by atoms with E-state index in [1.165, 1.54) is 96.3 Å². The predicted octanol–water partition coefficient (Wildman–Crippen LogP) is 5.63. The third-order valence-corrected chi connectivity index (χ3v) is 4.58. The first kappa shape index (κ1) is 28.3. The van der Waals surface area contributed by atoms with Crippen LogP contribution in [0.25, 0.3) is 0 Å². The van der Waals surface area contributed by atoms with Crippen LogP contribution in [0.2, 0.25) is 0 Å². The van der Waals surface area contributed by atoms with E-state index in [2.05, 4.69) is 12.2 Å².